The first-order chi connectivity index (χ1) is 9.65. The molecule has 1 saturated heterocycles. The third kappa shape index (κ3) is 3.30. The van der Waals surface area contributed by atoms with Crippen LogP contribution in [0.25, 0.3) is 0 Å². The van der Waals surface area contributed by atoms with Gasteiger partial charge in [-0.25, -0.2) is 9.97 Å². The molecular formula is C14H25N5O. The van der Waals surface area contributed by atoms with Gasteiger partial charge in [0.25, 0.3) is 0 Å². The first-order valence-corrected chi connectivity index (χ1v) is 7.12. The van der Waals surface area contributed by atoms with Crippen LogP contribution in [0.15, 0.2) is 6.33 Å². The third-order valence-electron chi connectivity index (χ3n) is 3.76. The Hall–Kier alpha value is -1.56. The average molecular weight is 279 g/mol. The van der Waals surface area contributed by atoms with E-state index >= 15 is 0 Å². The Balaban J connectivity index is 2.07. The molecule has 0 aromatic carbocycles. The van der Waals surface area contributed by atoms with E-state index in [9.17, 15) is 0 Å². The smallest absolute Gasteiger partial charge is 0.204 e. The van der Waals surface area contributed by atoms with Gasteiger partial charge < -0.3 is 19.9 Å². The quantitative estimate of drug-likeness (QED) is 0.877. The molecule has 1 N–H and O–H groups in total. The summed E-state index contributed by atoms with van der Waals surface area (Å²) in [6.07, 6.45) is 3.98. The van der Waals surface area contributed by atoms with Crippen molar-refractivity contribution in [3.8, 4) is 5.75 Å². The Labute approximate surface area is 121 Å². The fraction of sp³-hybridized carbons (Fsp3) is 0.714. The van der Waals surface area contributed by atoms with Crippen molar-refractivity contribution in [2.75, 3.05) is 58.1 Å². The van der Waals surface area contributed by atoms with E-state index in [1.54, 1.807) is 13.4 Å². The zero-order valence-corrected chi connectivity index (χ0v) is 12.9. The van der Waals surface area contributed by atoms with Gasteiger partial charge in [-0.3, -0.25) is 0 Å². The van der Waals surface area contributed by atoms with Gasteiger partial charge in [0.15, 0.2) is 11.6 Å². The molecule has 2 rings (SSSR count). The van der Waals surface area contributed by atoms with Crippen LogP contribution in [0.4, 0.5) is 11.6 Å². The van der Waals surface area contributed by atoms with E-state index in [0.29, 0.717) is 0 Å². The minimum Gasteiger partial charge on any atom is -0.490 e. The summed E-state index contributed by atoms with van der Waals surface area (Å²) in [5, 5.41) is 3.05. The van der Waals surface area contributed by atoms with Gasteiger partial charge in [-0.05, 0) is 32.9 Å². The van der Waals surface area contributed by atoms with Crippen LogP contribution in [0.3, 0.4) is 0 Å². The van der Waals surface area contributed by atoms with Crippen LogP contribution in [-0.2, 0) is 0 Å². The van der Waals surface area contributed by atoms with Gasteiger partial charge in [0, 0.05) is 26.7 Å². The number of nitrogens with one attached hydrogen (secondary N) is 1. The zero-order chi connectivity index (χ0) is 14.5. The number of hydrogen-bond acceptors (Lipinski definition) is 6. The molecule has 1 aliphatic rings. The van der Waals surface area contributed by atoms with Crippen molar-refractivity contribution in [3.63, 3.8) is 0 Å². The van der Waals surface area contributed by atoms with E-state index in [1.807, 2.05) is 7.05 Å². The van der Waals surface area contributed by atoms with Gasteiger partial charge in [0.05, 0.1) is 7.11 Å². The Bertz CT molecular complexity index is 430. The minimum absolute atomic E-state index is 0.737. The summed E-state index contributed by atoms with van der Waals surface area (Å²) in [6.45, 7) is 3.21. The molecule has 0 spiro atoms. The van der Waals surface area contributed by atoms with Crippen LogP contribution in [0.5, 0.6) is 5.75 Å². The normalized spacial score (nSPS) is 16.6. The predicted octanol–water partition coefficient (Wildman–Crippen LogP) is 1.30. The molecule has 0 amide bonds. The fourth-order valence-corrected chi connectivity index (χ4v) is 2.80. The minimum atomic E-state index is 0.737. The molecule has 1 aliphatic heterocycles. The predicted molar refractivity (Wildman–Crippen MR) is 81.6 cm³/mol. The molecule has 2 heterocycles. The number of methoxy groups -OCH3 is 1. The van der Waals surface area contributed by atoms with Crippen LogP contribution in [0, 0.1) is 5.92 Å². The lowest BCUT2D eigenvalue weighted by atomic mass is 9.96. The third-order valence-corrected chi connectivity index (χ3v) is 3.76. The maximum atomic E-state index is 5.47. The second-order valence-corrected chi connectivity index (χ2v) is 5.52. The summed E-state index contributed by atoms with van der Waals surface area (Å²) in [4.78, 5) is 13.2. The molecule has 0 unspecified atom stereocenters. The summed E-state index contributed by atoms with van der Waals surface area (Å²) in [6, 6.07) is 0. The van der Waals surface area contributed by atoms with Crippen molar-refractivity contribution < 1.29 is 4.74 Å². The average Bonchev–Trinajstić information content (AvgIpc) is 2.46. The van der Waals surface area contributed by atoms with Crippen molar-refractivity contribution in [1.82, 2.24) is 14.9 Å². The summed E-state index contributed by atoms with van der Waals surface area (Å²) in [5.74, 6) is 3.15. The lowest BCUT2D eigenvalue weighted by Crippen LogP contribution is -2.37. The monoisotopic (exact) mass is 279 g/mol. The Morgan fingerprint density at radius 1 is 1.35 bits per heavy atom. The van der Waals surface area contributed by atoms with E-state index in [1.165, 1.54) is 12.8 Å². The number of rotatable bonds is 5. The van der Waals surface area contributed by atoms with E-state index in [2.05, 4.69) is 39.2 Å². The van der Waals surface area contributed by atoms with Crippen LogP contribution >= 0.6 is 0 Å². The molecule has 6 nitrogen and oxygen atoms in total. The van der Waals surface area contributed by atoms with Crippen molar-refractivity contribution in [1.29, 1.82) is 0 Å². The summed E-state index contributed by atoms with van der Waals surface area (Å²) in [7, 11) is 7.79. The van der Waals surface area contributed by atoms with E-state index < -0.39 is 0 Å². The molecule has 0 aliphatic carbocycles. The highest BCUT2D eigenvalue weighted by atomic mass is 16.5. The Morgan fingerprint density at radius 3 is 2.60 bits per heavy atom. The molecule has 0 saturated carbocycles. The number of aromatic nitrogens is 2. The first kappa shape index (κ1) is 14.8. The highest BCUT2D eigenvalue weighted by Crippen LogP contribution is 2.33. The first-order valence-electron chi connectivity index (χ1n) is 7.12. The number of ether oxygens (including phenoxy) is 1. The number of anilines is 2. The van der Waals surface area contributed by atoms with E-state index in [-0.39, 0.29) is 0 Å². The Morgan fingerprint density at radius 2 is 2.05 bits per heavy atom. The molecule has 20 heavy (non-hydrogen) atoms. The SMILES string of the molecule is CNc1ncnc(N2CCC(CN(C)C)CC2)c1OC. The molecule has 6 heteroatoms. The van der Waals surface area contributed by atoms with E-state index in [4.69, 9.17) is 4.74 Å². The Kier molecular flexibility index (Phi) is 5.00. The molecule has 1 aromatic heterocycles. The van der Waals surface area contributed by atoms with Gasteiger partial charge >= 0.3 is 0 Å². The highest BCUT2D eigenvalue weighted by molar-refractivity contribution is 5.64. The fourth-order valence-electron chi connectivity index (χ4n) is 2.80. The zero-order valence-electron chi connectivity index (χ0n) is 12.9. The van der Waals surface area contributed by atoms with Crippen molar-refractivity contribution in [2.24, 2.45) is 5.92 Å². The maximum absolute atomic E-state index is 5.47. The molecular weight excluding hydrogens is 254 g/mol. The van der Waals surface area contributed by atoms with Crippen LogP contribution in [-0.4, -0.2) is 62.8 Å². The molecule has 112 valence electrons. The van der Waals surface area contributed by atoms with Gasteiger partial charge in [-0.15, -0.1) is 0 Å². The summed E-state index contributed by atoms with van der Waals surface area (Å²) < 4.78 is 5.47. The van der Waals surface area contributed by atoms with Gasteiger partial charge in [-0.1, -0.05) is 0 Å². The molecule has 0 radical (unpaired) electrons. The number of nitrogens with zero attached hydrogens (tertiary/aromatic N) is 4. The van der Waals surface area contributed by atoms with Crippen LogP contribution in [0.1, 0.15) is 12.8 Å². The molecule has 1 fully saturated rings. The van der Waals surface area contributed by atoms with E-state index in [0.717, 1.165) is 42.9 Å². The van der Waals surface area contributed by atoms with Gasteiger partial charge in [0.1, 0.15) is 6.33 Å². The second kappa shape index (κ2) is 6.74. The van der Waals surface area contributed by atoms with Gasteiger partial charge in [-0.2, -0.15) is 0 Å². The standard InChI is InChI=1S/C14H25N5O/c1-15-13-12(20-4)14(17-10-16-13)19-7-5-11(6-8-19)9-18(2)3/h10-11H,5-9H2,1-4H3,(H,15,16,17). The van der Waals surface area contributed by atoms with Crippen LogP contribution < -0.4 is 15.0 Å². The van der Waals surface area contributed by atoms with Gasteiger partial charge in [0.2, 0.25) is 5.75 Å². The van der Waals surface area contributed by atoms with Crippen molar-refractivity contribution in [2.45, 2.75) is 12.8 Å². The lowest BCUT2D eigenvalue weighted by Gasteiger charge is -2.34. The number of piperidine rings is 1. The largest absolute Gasteiger partial charge is 0.490 e. The lowest BCUT2D eigenvalue weighted by molar-refractivity contribution is 0.284. The summed E-state index contributed by atoms with van der Waals surface area (Å²) >= 11 is 0. The molecule has 0 atom stereocenters. The molecule has 0 bridgehead atoms. The molecule has 1 aromatic rings. The second-order valence-electron chi connectivity index (χ2n) is 5.52. The number of hydrogen-bond donors (Lipinski definition) is 1. The maximum Gasteiger partial charge on any atom is 0.204 e. The topological polar surface area (TPSA) is 53.5 Å². The van der Waals surface area contributed by atoms with Crippen molar-refractivity contribution in [3.05, 3.63) is 6.33 Å². The summed E-state index contributed by atoms with van der Waals surface area (Å²) in [5.41, 5.74) is 0. The highest BCUT2D eigenvalue weighted by Gasteiger charge is 2.24. The van der Waals surface area contributed by atoms with Crippen LogP contribution in [0.2, 0.25) is 0 Å². The van der Waals surface area contributed by atoms with Crippen molar-refractivity contribution >= 4 is 11.6 Å².